The fourth-order valence-electron chi connectivity index (χ4n) is 2.18. The van der Waals surface area contributed by atoms with Gasteiger partial charge in [-0.3, -0.25) is 4.79 Å². The molecule has 17 heavy (non-hydrogen) atoms. The molecule has 1 fully saturated rings. The van der Waals surface area contributed by atoms with Crippen LogP contribution in [0.4, 0.5) is 4.39 Å². The summed E-state index contributed by atoms with van der Waals surface area (Å²) in [6, 6.07) is 4.62. The van der Waals surface area contributed by atoms with Crippen LogP contribution in [0.3, 0.4) is 0 Å². The highest BCUT2D eigenvalue weighted by Gasteiger charge is 2.18. The third-order valence-corrected chi connectivity index (χ3v) is 3.61. The van der Waals surface area contributed by atoms with E-state index in [1.165, 1.54) is 18.6 Å². The van der Waals surface area contributed by atoms with Crippen LogP contribution in [-0.2, 0) is 0 Å². The molecule has 2 nitrogen and oxygen atoms in total. The van der Waals surface area contributed by atoms with Crippen LogP contribution in [0.15, 0.2) is 22.7 Å². The standard InChI is InChI=1S/C13H15BrFNO/c14-9-6-7-12(15)11(8-9)13(17)16-10-4-2-1-3-5-10/h6-8,10H,1-5H2,(H,16,17). The molecule has 1 amide bonds. The van der Waals surface area contributed by atoms with Gasteiger partial charge in [0.25, 0.3) is 5.91 Å². The van der Waals surface area contributed by atoms with Crippen LogP contribution in [0.25, 0.3) is 0 Å². The first kappa shape index (κ1) is 12.6. The maximum atomic E-state index is 13.5. The number of halogens is 2. The first-order valence-corrected chi connectivity index (χ1v) is 6.72. The molecule has 2 rings (SSSR count). The summed E-state index contributed by atoms with van der Waals surface area (Å²) < 4.78 is 14.2. The molecule has 0 atom stereocenters. The van der Waals surface area contributed by atoms with Gasteiger partial charge in [-0.25, -0.2) is 4.39 Å². The van der Waals surface area contributed by atoms with Crippen LogP contribution >= 0.6 is 15.9 Å². The van der Waals surface area contributed by atoms with E-state index in [-0.39, 0.29) is 17.5 Å². The number of amides is 1. The normalized spacial score (nSPS) is 16.8. The van der Waals surface area contributed by atoms with Gasteiger partial charge in [0.1, 0.15) is 5.82 Å². The second-order valence-corrected chi connectivity index (χ2v) is 5.35. The Bertz CT molecular complexity index is 416. The first-order valence-electron chi connectivity index (χ1n) is 5.93. The second-order valence-electron chi connectivity index (χ2n) is 4.43. The highest BCUT2D eigenvalue weighted by atomic mass is 79.9. The molecule has 0 unspecified atom stereocenters. The molecule has 0 bridgehead atoms. The summed E-state index contributed by atoms with van der Waals surface area (Å²) in [6.07, 6.45) is 5.53. The number of carbonyl (C=O) groups is 1. The van der Waals surface area contributed by atoms with Crippen molar-refractivity contribution in [2.45, 2.75) is 38.1 Å². The molecule has 1 aliphatic rings. The molecule has 0 aromatic heterocycles. The van der Waals surface area contributed by atoms with E-state index in [1.54, 1.807) is 6.07 Å². The van der Waals surface area contributed by atoms with Gasteiger partial charge in [0.15, 0.2) is 0 Å². The summed E-state index contributed by atoms with van der Waals surface area (Å²) in [7, 11) is 0. The molecule has 1 aromatic carbocycles. The Kier molecular flexibility index (Phi) is 4.15. The molecule has 0 aliphatic heterocycles. The van der Waals surface area contributed by atoms with Crippen LogP contribution < -0.4 is 5.32 Å². The smallest absolute Gasteiger partial charge is 0.254 e. The predicted molar refractivity (Wildman–Crippen MR) is 68.4 cm³/mol. The van der Waals surface area contributed by atoms with Crippen LogP contribution in [-0.4, -0.2) is 11.9 Å². The van der Waals surface area contributed by atoms with Crippen molar-refractivity contribution in [3.8, 4) is 0 Å². The van der Waals surface area contributed by atoms with Gasteiger partial charge in [-0.05, 0) is 31.0 Å². The largest absolute Gasteiger partial charge is 0.349 e. The molecule has 1 N–H and O–H groups in total. The zero-order valence-electron chi connectivity index (χ0n) is 9.51. The van der Waals surface area contributed by atoms with Crippen molar-refractivity contribution in [3.63, 3.8) is 0 Å². The number of hydrogen-bond acceptors (Lipinski definition) is 1. The second kappa shape index (κ2) is 5.63. The lowest BCUT2D eigenvalue weighted by atomic mass is 9.95. The van der Waals surface area contributed by atoms with Crippen molar-refractivity contribution in [1.29, 1.82) is 0 Å². The van der Waals surface area contributed by atoms with Gasteiger partial charge < -0.3 is 5.32 Å². The molecule has 1 aromatic rings. The van der Waals surface area contributed by atoms with Gasteiger partial charge in [0.2, 0.25) is 0 Å². The van der Waals surface area contributed by atoms with E-state index in [1.807, 2.05) is 0 Å². The van der Waals surface area contributed by atoms with Crippen molar-refractivity contribution in [2.75, 3.05) is 0 Å². The first-order chi connectivity index (χ1) is 8.16. The molecule has 1 saturated carbocycles. The zero-order valence-corrected chi connectivity index (χ0v) is 11.1. The Morgan fingerprint density at radius 2 is 2.00 bits per heavy atom. The minimum absolute atomic E-state index is 0.116. The molecule has 4 heteroatoms. The molecule has 1 aliphatic carbocycles. The Morgan fingerprint density at radius 1 is 1.29 bits per heavy atom. The molecular formula is C13H15BrFNO. The van der Waals surface area contributed by atoms with Crippen molar-refractivity contribution >= 4 is 21.8 Å². The predicted octanol–water partition coefficient (Wildman–Crippen LogP) is 3.65. The van der Waals surface area contributed by atoms with E-state index in [4.69, 9.17) is 0 Å². The van der Waals surface area contributed by atoms with E-state index in [2.05, 4.69) is 21.2 Å². The summed E-state index contributed by atoms with van der Waals surface area (Å²) >= 11 is 3.24. The number of nitrogens with one attached hydrogen (secondary N) is 1. The molecule has 92 valence electrons. The van der Waals surface area contributed by atoms with Crippen molar-refractivity contribution in [1.82, 2.24) is 5.32 Å². The Hall–Kier alpha value is -0.900. The lowest BCUT2D eigenvalue weighted by Gasteiger charge is -2.22. The molecule has 0 spiro atoms. The maximum Gasteiger partial charge on any atom is 0.254 e. The van der Waals surface area contributed by atoms with Gasteiger partial charge in [-0.2, -0.15) is 0 Å². The lowest BCUT2D eigenvalue weighted by Crippen LogP contribution is -2.36. The minimum atomic E-state index is -0.471. The van der Waals surface area contributed by atoms with Crippen molar-refractivity contribution in [2.24, 2.45) is 0 Å². The summed E-state index contributed by atoms with van der Waals surface area (Å²) in [5, 5.41) is 2.90. The summed E-state index contributed by atoms with van der Waals surface area (Å²) in [6.45, 7) is 0. The maximum absolute atomic E-state index is 13.5. The van der Waals surface area contributed by atoms with Gasteiger partial charge in [0.05, 0.1) is 5.56 Å². The quantitative estimate of drug-likeness (QED) is 0.887. The molecule has 0 radical (unpaired) electrons. The van der Waals surface area contributed by atoms with Gasteiger partial charge in [-0.1, -0.05) is 35.2 Å². The summed E-state index contributed by atoms with van der Waals surface area (Å²) in [4.78, 5) is 11.9. The summed E-state index contributed by atoms with van der Waals surface area (Å²) in [5.74, 6) is -0.780. The van der Waals surface area contributed by atoms with Crippen LogP contribution in [0, 0.1) is 5.82 Å². The zero-order chi connectivity index (χ0) is 12.3. The average Bonchev–Trinajstić information content (AvgIpc) is 2.33. The Balaban J connectivity index is 2.05. The monoisotopic (exact) mass is 299 g/mol. The van der Waals surface area contributed by atoms with E-state index < -0.39 is 5.82 Å². The van der Waals surface area contributed by atoms with Gasteiger partial charge in [-0.15, -0.1) is 0 Å². The number of rotatable bonds is 2. The average molecular weight is 300 g/mol. The van der Waals surface area contributed by atoms with E-state index in [0.29, 0.717) is 4.47 Å². The van der Waals surface area contributed by atoms with Crippen LogP contribution in [0.2, 0.25) is 0 Å². The SMILES string of the molecule is O=C(NC1CCCCC1)c1cc(Br)ccc1F. The highest BCUT2D eigenvalue weighted by Crippen LogP contribution is 2.19. The third-order valence-electron chi connectivity index (χ3n) is 3.11. The topological polar surface area (TPSA) is 29.1 Å². The van der Waals surface area contributed by atoms with E-state index in [0.717, 1.165) is 25.7 Å². The van der Waals surface area contributed by atoms with Gasteiger partial charge >= 0.3 is 0 Å². The minimum Gasteiger partial charge on any atom is -0.349 e. The molecule has 0 saturated heterocycles. The van der Waals surface area contributed by atoms with E-state index >= 15 is 0 Å². The highest BCUT2D eigenvalue weighted by molar-refractivity contribution is 9.10. The fourth-order valence-corrected chi connectivity index (χ4v) is 2.54. The number of carbonyl (C=O) groups excluding carboxylic acids is 1. The lowest BCUT2D eigenvalue weighted by molar-refractivity contribution is 0.0923. The van der Waals surface area contributed by atoms with Crippen LogP contribution in [0.5, 0.6) is 0 Å². The van der Waals surface area contributed by atoms with Crippen LogP contribution in [0.1, 0.15) is 42.5 Å². The van der Waals surface area contributed by atoms with E-state index in [9.17, 15) is 9.18 Å². The molecular weight excluding hydrogens is 285 g/mol. The number of hydrogen-bond donors (Lipinski definition) is 1. The number of benzene rings is 1. The van der Waals surface area contributed by atoms with Crippen molar-refractivity contribution < 1.29 is 9.18 Å². The molecule has 0 heterocycles. The Morgan fingerprint density at radius 3 is 2.71 bits per heavy atom. The Labute approximate surface area is 109 Å². The van der Waals surface area contributed by atoms with Crippen molar-refractivity contribution in [3.05, 3.63) is 34.1 Å². The summed E-state index contributed by atoms with van der Waals surface area (Å²) in [5.41, 5.74) is 0.116. The third kappa shape index (κ3) is 3.28. The fraction of sp³-hybridized carbons (Fsp3) is 0.462. The van der Waals surface area contributed by atoms with Gasteiger partial charge in [0, 0.05) is 10.5 Å².